The molecular formula is C13H16N2O2S. The van der Waals surface area contributed by atoms with Crippen molar-refractivity contribution < 1.29 is 9.53 Å². The molecule has 0 N–H and O–H groups in total. The minimum Gasteiger partial charge on any atom is -0.493 e. The van der Waals surface area contributed by atoms with Crippen LogP contribution in [0.3, 0.4) is 0 Å². The van der Waals surface area contributed by atoms with Crippen molar-refractivity contribution in [2.24, 2.45) is 0 Å². The molecule has 0 amide bonds. The van der Waals surface area contributed by atoms with Crippen LogP contribution in [-0.2, 0) is 0 Å². The van der Waals surface area contributed by atoms with Crippen molar-refractivity contribution in [3.05, 3.63) is 33.8 Å². The van der Waals surface area contributed by atoms with Crippen molar-refractivity contribution in [3.63, 3.8) is 0 Å². The Labute approximate surface area is 110 Å². The number of ketones is 1. The first-order chi connectivity index (χ1) is 8.54. The van der Waals surface area contributed by atoms with Crippen molar-refractivity contribution in [2.75, 3.05) is 7.11 Å². The monoisotopic (exact) mass is 264 g/mol. The van der Waals surface area contributed by atoms with Crippen molar-refractivity contribution in [1.29, 1.82) is 0 Å². The van der Waals surface area contributed by atoms with Crippen LogP contribution >= 0.6 is 11.3 Å². The van der Waals surface area contributed by atoms with Gasteiger partial charge < -0.3 is 4.74 Å². The summed E-state index contributed by atoms with van der Waals surface area (Å²) in [6, 6.07) is 3.91. The third kappa shape index (κ3) is 2.18. The number of hydrogen-bond acceptors (Lipinski definition) is 4. The number of rotatable bonds is 4. The summed E-state index contributed by atoms with van der Waals surface area (Å²) < 4.78 is 6.93. The lowest BCUT2D eigenvalue weighted by molar-refractivity contribution is 0.102. The average Bonchev–Trinajstić information content (AvgIpc) is 2.93. The Morgan fingerprint density at radius 2 is 2.17 bits per heavy atom. The maximum Gasteiger partial charge on any atom is 0.224 e. The molecule has 18 heavy (non-hydrogen) atoms. The minimum atomic E-state index is -0.0313. The molecule has 0 radical (unpaired) electrons. The maximum absolute atomic E-state index is 12.5. The van der Waals surface area contributed by atoms with Gasteiger partial charge in [-0.2, -0.15) is 5.10 Å². The Bertz CT molecular complexity index is 569. The summed E-state index contributed by atoms with van der Waals surface area (Å²) in [5.41, 5.74) is 0.523. The summed E-state index contributed by atoms with van der Waals surface area (Å²) in [6.07, 6.45) is 1.59. The van der Waals surface area contributed by atoms with E-state index in [-0.39, 0.29) is 11.8 Å². The smallest absolute Gasteiger partial charge is 0.224 e. The van der Waals surface area contributed by atoms with E-state index in [0.29, 0.717) is 16.3 Å². The van der Waals surface area contributed by atoms with Gasteiger partial charge in [0, 0.05) is 10.9 Å². The van der Waals surface area contributed by atoms with Crippen molar-refractivity contribution in [1.82, 2.24) is 9.78 Å². The number of ether oxygens (including phenoxy) is 1. The lowest BCUT2D eigenvalue weighted by atomic mass is 10.2. The summed E-state index contributed by atoms with van der Waals surface area (Å²) in [4.78, 5) is 14.3. The number of hydrogen-bond donors (Lipinski definition) is 0. The Morgan fingerprint density at radius 3 is 2.67 bits per heavy atom. The normalized spacial score (nSPS) is 10.9. The second kappa shape index (κ2) is 4.94. The molecule has 0 fully saturated rings. The van der Waals surface area contributed by atoms with Gasteiger partial charge in [0.25, 0.3) is 0 Å². The topological polar surface area (TPSA) is 44.1 Å². The highest BCUT2D eigenvalue weighted by Gasteiger charge is 2.23. The van der Waals surface area contributed by atoms with Gasteiger partial charge in [0.2, 0.25) is 5.78 Å². The summed E-state index contributed by atoms with van der Waals surface area (Å²) in [5, 5.41) is 4.22. The molecule has 0 atom stereocenters. The Morgan fingerprint density at radius 1 is 1.44 bits per heavy atom. The standard InChI is InChI=1S/C13H16N2O2S/c1-8(2)15-12(10(17-4)7-14-15)13(16)11-6-5-9(3)18-11/h5-8H,1-4H3. The lowest BCUT2D eigenvalue weighted by Gasteiger charge is -2.10. The first-order valence-corrected chi connectivity index (χ1v) is 6.59. The summed E-state index contributed by atoms with van der Waals surface area (Å²) >= 11 is 1.49. The predicted molar refractivity (Wildman–Crippen MR) is 71.7 cm³/mol. The van der Waals surface area contributed by atoms with Crippen LogP contribution in [0.25, 0.3) is 0 Å². The molecule has 0 saturated carbocycles. The first kappa shape index (κ1) is 12.8. The zero-order valence-corrected chi connectivity index (χ0v) is 11.7. The SMILES string of the molecule is COc1cnn(C(C)C)c1C(=O)c1ccc(C)s1. The second-order valence-electron chi connectivity index (χ2n) is 4.34. The van der Waals surface area contributed by atoms with Crippen molar-refractivity contribution in [2.45, 2.75) is 26.8 Å². The van der Waals surface area contributed by atoms with Crippen molar-refractivity contribution in [3.8, 4) is 5.75 Å². The van der Waals surface area contributed by atoms with E-state index in [4.69, 9.17) is 4.74 Å². The molecule has 0 aromatic carbocycles. The quantitative estimate of drug-likeness (QED) is 0.797. The summed E-state index contributed by atoms with van der Waals surface area (Å²) in [7, 11) is 1.55. The number of thiophene rings is 1. The molecule has 0 aliphatic heterocycles. The van der Waals surface area contributed by atoms with Gasteiger partial charge in [0.05, 0.1) is 18.2 Å². The zero-order chi connectivity index (χ0) is 13.3. The molecule has 2 aromatic heterocycles. The number of nitrogens with zero attached hydrogens (tertiary/aromatic N) is 2. The van der Waals surface area contributed by atoms with Gasteiger partial charge in [-0.3, -0.25) is 9.48 Å². The van der Waals surface area contributed by atoms with Crippen LogP contribution in [0.4, 0.5) is 0 Å². The van der Waals surface area contributed by atoms with Gasteiger partial charge in [0.1, 0.15) is 0 Å². The number of aryl methyl sites for hydroxylation is 1. The van der Waals surface area contributed by atoms with Gasteiger partial charge in [-0.15, -0.1) is 11.3 Å². The molecule has 0 unspecified atom stereocenters. The average molecular weight is 264 g/mol. The molecular weight excluding hydrogens is 248 g/mol. The zero-order valence-electron chi connectivity index (χ0n) is 10.9. The van der Waals surface area contributed by atoms with E-state index in [2.05, 4.69) is 5.10 Å². The van der Waals surface area contributed by atoms with Crippen LogP contribution in [0, 0.1) is 6.92 Å². The van der Waals surface area contributed by atoms with Crippen LogP contribution < -0.4 is 4.74 Å². The van der Waals surface area contributed by atoms with E-state index in [1.165, 1.54) is 11.3 Å². The molecule has 0 aliphatic carbocycles. The first-order valence-electron chi connectivity index (χ1n) is 5.77. The minimum absolute atomic E-state index is 0.0313. The Balaban J connectivity index is 2.49. The summed E-state index contributed by atoms with van der Waals surface area (Å²) in [5.74, 6) is 0.496. The maximum atomic E-state index is 12.5. The van der Waals surface area contributed by atoms with Gasteiger partial charge in [-0.25, -0.2) is 0 Å². The molecule has 2 heterocycles. The molecule has 96 valence electrons. The number of carbonyl (C=O) groups excluding carboxylic acids is 1. The number of carbonyl (C=O) groups is 1. The van der Waals surface area contributed by atoms with E-state index in [9.17, 15) is 4.79 Å². The van der Waals surface area contributed by atoms with Gasteiger partial charge >= 0.3 is 0 Å². The van der Waals surface area contributed by atoms with Crippen LogP contribution in [0.2, 0.25) is 0 Å². The fourth-order valence-corrected chi connectivity index (χ4v) is 2.58. The molecule has 0 aliphatic rings. The molecule has 0 spiro atoms. The fourth-order valence-electron chi connectivity index (χ4n) is 1.78. The molecule has 5 heteroatoms. The molecule has 0 saturated heterocycles. The number of methoxy groups -OCH3 is 1. The Hall–Kier alpha value is -1.62. The van der Waals surface area contributed by atoms with E-state index in [0.717, 1.165) is 4.88 Å². The largest absolute Gasteiger partial charge is 0.493 e. The van der Waals surface area contributed by atoms with Gasteiger partial charge in [-0.1, -0.05) is 0 Å². The molecule has 2 aromatic rings. The van der Waals surface area contributed by atoms with Crippen molar-refractivity contribution >= 4 is 17.1 Å². The van der Waals surface area contributed by atoms with E-state index in [1.807, 2.05) is 32.9 Å². The fraction of sp³-hybridized carbons (Fsp3) is 0.385. The van der Waals surface area contributed by atoms with E-state index < -0.39 is 0 Å². The Kier molecular flexibility index (Phi) is 3.52. The third-order valence-corrected chi connectivity index (χ3v) is 3.65. The highest BCUT2D eigenvalue weighted by atomic mass is 32.1. The van der Waals surface area contributed by atoms with E-state index in [1.54, 1.807) is 18.0 Å². The lowest BCUT2D eigenvalue weighted by Crippen LogP contribution is -2.13. The van der Waals surface area contributed by atoms with Gasteiger partial charge in [0.15, 0.2) is 11.4 Å². The highest BCUT2D eigenvalue weighted by Crippen LogP contribution is 2.26. The predicted octanol–water partition coefficient (Wildman–Crippen LogP) is 3.07. The second-order valence-corrected chi connectivity index (χ2v) is 5.63. The molecule has 0 bridgehead atoms. The third-order valence-electron chi connectivity index (χ3n) is 2.65. The molecule has 2 rings (SSSR count). The molecule has 4 nitrogen and oxygen atoms in total. The van der Waals surface area contributed by atoms with Crippen LogP contribution in [0.15, 0.2) is 18.3 Å². The van der Waals surface area contributed by atoms with Crippen LogP contribution in [0.5, 0.6) is 5.75 Å². The van der Waals surface area contributed by atoms with Crippen LogP contribution in [0.1, 0.15) is 40.1 Å². The van der Waals surface area contributed by atoms with E-state index >= 15 is 0 Å². The van der Waals surface area contributed by atoms with Gasteiger partial charge in [-0.05, 0) is 32.9 Å². The van der Waals surface area contributed by atoms with Crippen LogP contribution in [-0.4, -0.2) is 22.7 Å². The summed E-state index contributed by atoms with van der Waals surface area (Å²) in [6.45, 7) is 5.96. The highest BCUT2D eigenvalue weighted by molar-refractivity contribution is 7.14. The number of aromatic nitrogens is 2.